The standard InChI is InChI=1S/C25H25N5O3S/c1-3-29-19(18-12-8-5-9-13-18)14-27-24(29)34-16-20(31)21-22(26)30(25(33)28(2)23(21)32)15-17-10-6-4-7-11-17/h4-14H,3,15-16,26H2,1-2H3. The summed E-state index contributed by atoms with van der Waals surface area (Å²) in [5, 5.41) is 0.669. The Kier molecular flexibility index (Phi) is 6.83. The summed E-state index contributed by atoms with van der Waals surface area (Å²) in [5.41, 5.74) is 7.58. The van der Waals surface area contributed by atoms with Gasteiger partial charge < -0.3 is 10.3 Å². The minimum Gasteiger partial charge on any atom is -0.384 e. The summed E-state index contributed by atoms with van der Waals surface area (Å²) in [4.78, 5) is 43.1. The van der Waals surface area contributed by atoms with E-state index in [1.54, 1.807) is 6.20 Å². The van der Waals surface area contributed by atoms with Crippen molar-refractivity contribution in [3.8, 4) is 11.3 Å². The third-order valence-electron chi connectivity index (χ3n) is 5.58. The minimum atomic E-state index is -0.693. The third kappa shape index (κ3) is 4.47. The fourth-order valence-corrected chi connectivity index (χ4v) is 4.70. The quantitative estimate of drug-likeness (QED) is 0.310. The molecule has 0 atom stereocenters. The molecule has 174 valence electrons. The molecule has 2 aromatic heterocycles. The molecule has 0 spiro atoms. The molecule has 0 saturated heterocycles. The second-order valence-electron chi connectivity index (χ2n) is 7.73. The summed E-state index contributed by atoms with van der Waals surface area (Å²) in [6.45, 7) is 2.84. The van der Waals surface area contributed by atoms with Gasteiger partial charge >= 0.3 is 5.69 Å². The Morgan fingerprint density at radius 3 is 2.29 bits per heavy atom. The lowest BCUT2D eigenvalue weighted by Crippen LogP contribution is -2.43. The van der Waals surface area contributed by atoms with Crippen molar-refractivity contribution in [3.05, 3.63) is 98.8 Å². The van der Waals surface area contributed by atoms with E-state index >= 15 is 0 Å². The van der Waals surface area contributed by atoms with Gasteiger partial charge in [0.15, 0.2) is 10.9 Å². The summed E-state index contributed by atoms with van der Waals surface area (Å²) in [5.74, 6) is -0.600. The Hall–Kier alpha value is -3.85. The highest BCUT2D eigenvalue weighted by molar-refractivity contribution is 7.99. The molecular formula is C25H25N5O3S. The number of rotatable bonds is 8. The molecule has 0 unspecified atom stereocenters. The fourth-order valence-electron chi connectivity index (χ4n) is 3.79. The van der Waals surface area contributed by atoms with Gasteiger partial charge in [0.1, 0.15) is 11.4 Å². The molecular weight excluding hydrogens is 450 g/mol. The van der Waals surface area contributed by atoms with Crippen LogP contribution < -0.4 is 17.0 Å². The van der Waals surface area contributed by atoms with E-state index in [1.807, 2.05) is 72.2 Å². The predicted molar refractivity (Wildman–Crippen MR) is 134 cm³/mol. The number of nitrogen functional groups attached to an aromatic ring is 1. The summed E-state index contributed by atoms with van der Waals surface area (Å²) < 4.78 is 4.21. The molecule has 2 N–H and O–H groups in total. The third-order valence-corrected chi connectivity index (χ3v) is 6.57. The van der Waals surface area contributed by atoms with Gasteiger partial charge in [0, 0.05) is 13.6 Å². The van der Waals surface area contributed by atoms with E-state index in [0.717, 1.165) is 21.4 Å². The number of benzene rings is 2. The number of anilines is 1. The topological polar surface area (TPSA) is 105 Å². The van der Waals surface area contributed by atoms with E-state index in [1.165, 1.54) is 23.4 Å². The first-order valence-electron chi connectivity index (χ1n) is 10.8. The Labute approximate surface area is 200 Å². The van der Waals surface area contributed by atoms with Crippen molar-refractivity contribution in [1.82, 2.24) is 18.7 Å². The smallest absolute Gasteiger partial charge is 0.332 e. The Bertz CT molecular complexity index is 1440. The molecule has 2 aromatic carbocycles. The highest BCUT2D eigenvalue weighted by atomic mass is 32.2. The number of ketones is 1. The van der Waals surface area contributed by atoms with Crippen LogP contribution >= 0.6 is 11.8 Å². The maximum Gasteiger partial charge on any atom is 0.332 e. The zero-order valence-electron chi connectivity index (χ0n) is 19.0. The van der Waals surface area contributed by atoms with Crippen molar-refractivity contribution in [2.45, 2.75) is 25.2 Å². The number of aromatic nitrogens is 4. The van der Waals surface area contributed by atoms with Crippen LogP contribution in [0.3, 0.4) is 0 Å². The highest BCUT2D eigenvalue weighted by Crippen LogP contribution is 2.26. The first-order valence-corrected chi connectivity index (χ1v) is 11.8. The van der Waals surface area contributed by atoms with Crippen molar-refractivity contribution in [2.75, 3.05) is 11.5 Å². The van der Waals surface area contributed by atoms with Crippen molar-refractivity contribution < 1.29 is 4.79 Å². The number of carbonyl (C=O) groups excluding carboxylic acids is 1. The van der Waals surface area contributed by atoms with Crippen LogP contribution in [0.5, 0.6) is 0 Å². The van der Waals surface area contributed by atoms with E-state index in [2.05, 4.69) is 4.98 Å². The maximum atomic E-state index is 13.1. The molecule has 0 aliphatic heterocycles. The molecule has 4 aromatic rings. The zero-order chi connectivity index (χ0) is 24.2. The van der Waals surface area contributed by atoms with E-state index in [9.17, 15) is 14.4 Å². The van der Waals surface area contributed by atoms with Crippen LogP contribution in [0.1, 0.15) is 22.8 Å². The molecule has 0 aliphatic rings. The van der Waals surface area contributed by atoms with Crippen molar-refractivity contribution >= 4 is 23.4 Å². The molecule has 0 fully saturated rings. The number of hydrogen-bond donors (Lipinski definition) is 1. The molecule has 9 heteroatoms. The van der Waals surface area contributed by atoms with Gasteiger partial charge in [-0.1, -0.05) is 72.4 Å². The Morgan fingerprint density at radius 2 is 1.65 bits per heavy atom. The number of nitrogens with zero attached hydrogens (tertiary/aromatic N) is 4. The fraction of sp³-hybridized carbons (Fsp3) is 0.200. The van der Waals surface area contributed by atoms with Crippen LogP contribution in [0.25, 0.3) is 11.3 Å². The summed E-state index contributed by atoms with van der Waals surface area (Å²) in [6, 6.07) is 19.1. The highest BCUT2D eigenvalue weighted by Gasteiger charge is 2.22. The largest absolute Gasteiger partial charge is 0.384 e. The van der Waals surface area contributed by atoms with Gasteiger partial charge in [-0.15, -0.1) is 0 Å². The molecule has 0 amide bonds. The minimum absolute atomic E-state index is 0.0335. The average Bonchev–Trinajstić information content (AvgIpc) is 3.28. The molecule has 0 aliphatic carbocycles. The normalized spacial score (nSPS) is 11.0. The van der Waals surface area contributed by atoms with Crippen LogP contribution in [0, 0.1) is 0 Å². The van der Waals surface area contributed by atoms with Crippen LogP contribution in [0.15, 0.2) is 81.6 Å². The molecule has 0 saturated carbocycles. The average molecular weight is 476 g/mol. The van der Waals surface area contributed by atoms with Gasteiger partial charge in [0.2, 0.25) is 0 Å². The van der Waals surface area contributed by atoms with Gasteiger partial charge in [-0.25, -0.2) is 9.78 Å². The van der Waals surface area contributed by atoms with Gasteiger partial charge in [-0.05, 0) is 18.1 Å². The second-order valence-corrected chi connectivity index (χ2v) is 8.67. The summed E-state index contributed by atoms with van der Waals surface area (Å²) in [6.07, 6.45) is 1.78. The lowest BCUT2D eigenvalue weighted by molar-refractivity contribution is 0.102. The van der Waals surface area contributed by atoms with Gasteiger partial charge in [-0.3, -0.25) is 18.7 Å². The summed E-state index contributed by atoms with van der Waals surface area (Å²) >= 11 is 1.24. The van der Waals surface area contributed by atoms with Crippen LogP contribution in [-0.4, -0.2) is 30.2 Å². The monoisotopic (exact) mass is 475 g/mol. The first-order chi connectivity index (χ1) is 16.4. The number of Topliss-reactive ketones (excluding diaryl/α,β-unsaturated/α-hetero) is 1. The number of hydrogen-bond acceptors (Lipinski definition) is 6. The lowest BCUT2D eigenvalue weighted by atomic mass is 10.2. The van der Waals surface area contributed by atoms with Crippen molar-refractivity contribution in [2.24, 2.45) is 7.05 Å². The maximum absolute atomic E-state index is 13.1. The molecule has 0 bridgehead atoms. The van der Waals surface area contributed by atoms with Crippen LogP contribution in [0.2, 0.25) is 0 Å². The molecule has 0 radical (unpaired) electrons. The van der Waals surface area contributed by atoms with E-state index in [0.29, 0.717) is 11.7 Å². The molecule has 8 nitrogen and oxygen atoms in total. The van der Waals surface area contributed by atoms with E-state index in [4.69, 9.17) is 5.73 Å². The van der Waals surface area contributed by atoms with Crippen molar-refractivity contribution in [3.63, 3.8) is 0 Å². The molecule has 4 rings (SSSR count). The van der Waals surface area contributed by atoms with E-state index in [-0.39, 0.29) is 23.7 Å². The number of thioether (sulfide) groups is 1. The molecule has 2 heterocycles. The Morgan fingerprint density at radius 1 is 1.00 bits per heavy atom. The van der Waals surface area contributed by atoms with Gasteiger partial charge in [0.05, 0.1) is 24.2 Å². The number of imidazole rings is 1. The SMILES string of the molecule is CCn1c(-c2ccccc2)cnc1SCC(=O)c1c(N)n(Cc2ccccc2)c(=O)n(C)c1=O. The lowest BCUT2D eigenvalue weighted by Gasteiger charge is -2.15. The second kappa shape index (κ2) is 9.96. The van der Waals surface area contributed by atoms with Crippen LogP contribution in [0.4, 0.5) is 5.82 Å². The van der Waals surface area contributed by atoms with Gasteiger partial charge in [0.25, 0.3) is 5.56 Å². The first kappa shape index (κ1) is 23.3. The summed E-state index contributed by atoms with van der Waals surface area (Å²) in [7, 11) is 1.35. The van der Waals surface area contributed by atoms with Crippen molar-refractivity contribution in [1.29, 1.82) is 0 Å². The van der Waals surface area contributed by atoms with E-state index < -0.39 is 17.0 Å². The number of carbonyl (C=O) groups is 1. The zero-order valence-corrected chi connectivity index (χ0v) is 19.8. The van der Waals surface area contributed by atoms with Crippen LogP contribution in [-0.2, 0) is 20.1 Å². The molecule has 34 heavy (non-hydrogen) atoms. The Balaban J connectivity index is 1.63. The predicted octanol–water partition coefficient (Wildman–Crippen LogP) is 3.04. The van der Waals surface area contributed by atoms with Gasteiger partial charge in [-0.2, -0.15) is 0 Å². The number of nitrogens with two attached hydrogens (primary N) is 1.